The molecule has 0 spiro atoms. The lowest BCUT2D eigenvalue weighted by Gasteiger charge is -2.31. The lowest BCUT2D eigenvalue weighted by molar-refractivity contribution is 0.0713. The minimum atomic E-state index is 0.123. The molecule has 5 nitrogen and oxygen atoms in total. The van der Waals surface area contributed by atoms with Crippen molar-refractivity contribution in [2.45, 2.75) is 18.8 Å². The number of likely N-dealkylation sites (tertiary alicyclic amines) is 1. The summed E-state index contributed by atoms with van der Waals surface area (Å²) in [5.41, 5.74) is 2.89. The van der Waals surface area contributed by atoms with Gasteiger partial charge in [0.25, 0.3) is 5.91 Å². The highest BCUT2D eigenvalue weighted by Gasteiger charge is 2.26. The van der Waals surface area contributed by atoms with Crippen molar-refractivity contribution < 1.29 is 9.53 Å². The zero-order chi connectivity index (χ0) is 20.5. The molecule has 2 saturated heterocycles. The highest BCUT2D eigenvalue weighted by atomic mass is 35.5. The van der Waals surface area contributed by atoms with Crippen molar-refractivity contribution in [1.82, 2.24) is 9.88 Å². The minimum Gasteiger partial charge on any atom is -0.378 e. The Labute approximate surface area is 185 Å². The van der Waals surface area contributed by atoms with Gasteiger partial charge < -0.3 is 14.5 Å². The van der Waals surface area contributed by atoms with Gasteiger partial charge in [0, 0.05) is 48.4 Å². The molecule has 0 bridgehead atoms. The molecule has 0 radical (unpaired) electrons. The largest absolute Gasteiger partial charge is 0.378 e. The van der Waals surface area contributed by atoms with Gasteiger partial charge in [0.15, 0.2) is 0 Å². The molecule has 156 valence electrons. The number of halogens is 1. The van der Waals surface area contributed by atoms with Crippen molar-refractivity contribution in [3.8, 4) is 0 Å². The Hall–Kier alpha value is -2.15. The second-order valence-electron chi connectivity index (χ2n) is 7.88. The van der Waals surface area contributed by atoms with Crippen molar-refractivity contribution in [3.05, 3.63) is 58.1 Å². The van der Waals surface area contributed by atoms with E-state index in [0.29, 0.717) is 5.92 Å². The van der Waals surface area contributed by atoms with Crippen molar-refractivity contribution in [3.63, 3.8) is 0 Å². The molecule has 2 aliphatic heterocycles. The van der Waals surface area contributed by atoms with Crippen LogP contribution in [0.15, 0.2) is 42.5 Å². The first-order valence-corrected chi connectivity index (χ1v) is 11.6. The predicted molar refractivity (Wildman–Crippen MR) is 122 cm³/mol. The molecule has 0 unspecified atom stereocenters. The second-order valence-corrected chi connectivity index (χ2v) is 9.38. The van der Waals surface area contributed by atoms with Gasteiger partial charge in [0.1, 0.15) is 0 Å². The van der Waals surface area contributed by atoms with Crippen LogP contribution in [0.2, 0.25) is 5.02 Å². The number of carbonyl (C=O) groups excluding carboxylic acids is 1. The summed E-state index contributed by atoms with van der Waals surface area (Å²) in [5, 5.41) is 1.88. The van der Waals surface area contributed by atoms with Crippen LogP contribution in [0.4, 0.5) is 5.69 Å². The SMILES string of the molecule is O=C(c1ccc(N2CCOCC2)cc1)N1CCC(c2nc3cc(Cl)ccc3s2)CC1. The summed E-state index contributed by atoms with van der Waals surface area (Å²) in [4.78, 5) is 22.0. The second kappa shape index (κ2) is 8.53. The summed E-state index contributed by atoms with van der Waals surface area (Å²) in [6.45, 7) is 4.86. The molecule has 3 heterocycles. The van der Waals surface area contributed by atoms with Crippen LogP contribution in [0.5, 0.6) is 0 Å². The molecule has 3 aromatic rings. The number of aromatic nitrogens is 1. The van der Waals surface area contributed by atoms with Crippen LogP contribution in [0, 0.1) is 0 Å². The maximum atomic E-state index is 13.0. The molecule has 30 heavy (non-hydrogen) atoms. The summed E-state index contributed by atoms with van der Waals surface area (Å²) in [5.74, 6) is 0.534. The Morgan fingerprint density at radius 1 is 1.03 bits per heavy atom. The number of piperidine rings is 1. The third-order valence-corrected chi connectivity index (χ3v) is 7.42. The quantitative estimate of drug-likeness (QED) is 0.585. The van der Waals surface area contributed by atoms with Gasteiger partial charge in [-0.3, -0.25) is 4.79 Å². The maximum Gasteiger partial charge on any atom is 0.253 e. The molecule has 0 N–H and O–H groups in total. The zero-order valence-electron chi connectivity index (χ0n) is 16.7. The molecule has 0 saturated carbocycles. The van der Waals surface area contributed by atoms with Crippen molar-refractivity contribution >= 4 is 44.7 Å². The number of morpholine rings is 1. The Kier molecular flexibility index (Phi) is 5.63. The van der Waals surface area contributed by atoms with E-state index in [2.05, 4.69) is 17.0 Å². The van der Waals surface area contributed by atoms with Gasteiger partial charge in [0.2, 0.25) is 0 Å². The Morgan fingerprint density at radius 3 is 2.50 bits per heavy atom. The molecular formula is C23H24ClN3O2S. The van der Waals surface area contributed by atoms with Crippen LogP contribution in [0.1, 0.15) is 34.1 Å². The van der Waals surface area contributed by atoms with E-state index >= 15 is 0 Å². The molecule has 2 aliphatic rings. The smallest absolute Gasteiger partial charge is 0.253 e. The van der Waals surface area contributed by atoms with E-state index in [1.54, 1.807) is 11.3 Å². The monoisotopic (exact) mass is 441 g/mol. The number of anilines is 1. The van der Waals surface area contributed by atoms with Gasteiger partial charge in [0.05, 0.1) is 28.4 Å². The molecule has 0 aliphatic carbocycles. The summed E-state index contributed by atoms with van der Waals surface area (Å²) in [6, 6.07) is 13.9. The van der Waals surface area contributed by atoms with Gasteiger partial charge in [-0.15, -0.1) is 11.3 Å². The van der Waals surface area contributed by atoms with E-state index in [4.69, 9.17) is 21.3 Å². The highest BCUT2D eigenvalue weighted by molar-refractivity contribution is 7.18. The molecule has 1 aromatic heterocycles. The van der Waals surface area contributed by atoms with E-state index < -0.39 is 0 Å². The molecule has 7 heteroatoms. The van der Waals surface area contributed by atoms with Crippen LogP contribution in [0.25, 0.3) is 10.2 Å². The average Bonchev–Trinajstić information content (AvgIpc) is 3.23. The van der Waals surface area contributed by atoms with Crippen molar-refractivity contribution in [2.75, 3.05) is 44.3 Å². The van der Waals surface area contributed by atoms with Crippen LogP contribution < -0.4 is 4.90 Å². The fourth-order valence-corrected chi connectivity index (χ4v) is 5.52. The molecule has 0 atom stereocenters. The first-order chi connectivity index (χ1) is 14.7. The Morgan fingerprint density at radius 2 is 1.77 bits per heavy atom. The number of amides is 1. The number of hydrogen-bond donors (Lipinski definition) is 0. The summed E-state index contributed by atoms with van der Waals surface area (Å²) < 4.78 is 6.59. The minimum absolute atomic E-state index is 0.123. The number of carbonyl (C=O) groups is 1. The maximum absolute atomic E-state index is 13.0. The van der Waals surface area contributed by atoms with Crippen LogP contribution in [0.3, 0.4) is 0 Å². The lowest BCUT2D eigenvalue weighted by atomic mass is 9.97. The third-order valence-electron chi connectivity index (χ3n) is 5.99. The number of benzene rings is 2. The third kappa shape index (κ3) is 4.04. The van der Waals surface area contributed by atoms with E-state index in [1.165, 1.54) is 4.70 Å². The standard InChI is InChI=1S/C23H24ClN3O2S/c24-18-3-6-21-20(15-18)25-22(30-21)16-7-9-27(10-8-16)23(28)17-1-4-19(5-2-17)26-11-13-29-14-12-26/h1-6,15-16H,7-14H2. The number of rotatable bonds is 3. The predicted octanol–water partition coefficient (Wildman–Crippen LogP) is 4.81. The first kappa shape index (κ1) is 19.8. The van der Waals surface area contributed by atoms with Gasteiger partial charge in [-0.25, -0.2) is 4.98 Å². The highest BCUT2D eigenvalue weighted by Crippen LogP contribution is 2.35. The van der Waals surface area contributed by atoms with Crippen molar-refractivity contribution in [1.29, 1.82) is 0 Å². The van der Waals surface area contributed by atoms with Crippen LogP contribution in [-0.4, -0.2) is 55.2 Å². The summed E-state index contributed by atoms with van der Waals surface area (Å²) >= 11 is 7.84. The van der Waals surface area contributed by atoms with E-state index in [-0.39, 0.29) is 5.91 Å². The number of fused-ring (bicyclic) bond motifs is 1. The number of nitrogens with zero attached hydrogens (tertiary/aromatic N) is 3. The summed E-state index contributed by atoms with van der Waals surface area (Å²) in [7, 11) is 0. The van der Waals surface area contributed by atoms with Gasteiger partial charge in [-0.2, -0.15) is 0 Å². The molecule has 2 fully saturated rings. The normalized spacial score (nSPS) is 18.2. The molecular weight excluding hydrogens is 418 g/mol. The van der Waals surface area contributed by atoms with E-state index in [0.717, 1.165) is 79.0 Å². The lowest BCUT2D eigenvalue weighted by Crippen LogP contribution is -2.38. The van der Waals surface area contributed by atoms with Crippen molar-refractivity contribution in [2.24, 2.45) is 0 Å². The Bertz CT molecular complexity index is 1040. The van der Waals surface area contributed by atoms with Gasteiger partial charge in [-0.1, -0.05) is 11.6 Å². The summed E-state index contributed by atoms with van der Waals surface area (Å²) in [6.07, 6.45) is 1.90. The van der Waals surface area contributed by atoms with Crippen LogP contribution in [-0.2, 0) is 4.74 Å². The van der Waals surface area contributed by atoms with E-state index in [9.17, 15) is 4.79 Å². The molecule has 5 rings (SSSR count). The Balaban J connectivity index is 1.22. The van der Waals surface area contributed by atoms with Crippen LogP contribution >= 0.6 is 22.9 Å². The van der Waals surface area contributed by atoms with Gasteiger partial charge >= 0.3 is 0 Å². The zero-order valence-corrected chi connectivity index (χ0v) is 18.3. The van der Waals surface area contributed by atoms with Gasteiger partial charge in [-0.05, 0) is 55.3 Å². The van der Waals surface area contributed by atoms with E-state index in [1.807, 2.05) is 35.2 Å². The molecule has 2 aromatic carbocycles. The fraction of sp³-hybridized carbons (Fsp3) is 0.391. The number of ether oxygens (including phenoxy) is 1. The average molecular weight is 442 g/mol. The first-order valence-electron chi connectivity index (χ1n) is 10.5. The molecule has 1 amide bonds. The topological polar surface area (TPSA) is 45.7 Å². The number of hydrogen-bond acceptors (Lipinski definition) is 5. The number of thiazole rings is 1. The fourth-order valence-electron chi connectivity index (χ4n) is 4.24.